The van der Waals surface area contributed by atoms with Crippen molar-refractivity contribution in [1.82, 2.24) is 9.55 Å². The molecular weight excluding hydrogens is 414 g/mol. The molecule has 1 aromatic heterocycles. The van der Waals surface area contributed by atoms with E-state index in [1.54, 1.807) is 17.7 Å². The number of nitrogens with zero attached hydrogens (tertiary/aromatic N) is 3. The number of methoxy groups -OCH3 is 1. The van der Waals surface area contributed by atoms with Gasteiger partial charge in [-0.2, -0.15) is 0 Å². The molecule has 0 fully saturated rings. The lowest BCUT2D eigenvalue weighted by Crippen LogP contribution is -2.36. The summed E-state index contributed by atoms with van der Waals surface area (Å²) in [6.07, 6.45) is 0.316. The van der Waals surface area contributed by atoms with Crippen LogP contribution in [0.3, 0.4) is 0 Å². The Labute approximate surface area is 192 Å². The van der Waals surface area contributed by atoms with Crippen LogP contribution >= 0.6 is 0 Å². The van der Waals surface area contributed by atoms with Gasteiger partial charge >= 0.3 is 0 Å². The SMILES string of the molecule is COc1cccc(-n2c(C[C@@H]3C(=O)N(C(C)C)c4ccccc43)nc3ccccc3c2=O)c1. The van der Waals surface area contributed by atoms with Crippen LogP contribution in [0.15, 0.2) is 77.6 Å². The average molecular weight is 440 g/mol. The maximum Gasteiger partial charge on any atom is 0.265 e. The van der Waals surface area contributed by atoms with Gasteiger partial charge in [0.1, 0.15) is 11.6 Å². The molecule has 166 valence electrons. The summed E-state index contributed by atoms with van der Waals surface area (Å²) < 4.78 is 6.99. The zero-order valence-electron chi connectivity index (χ0n) is 18.9. The van der Waals surface area contributed by atoms with E-state index in [1.165, 1.54) is 0 Å². The standard InChI is InChI=1S/C27H25N3O3/c1-17(2)29-24-14-7-5-11-20(24)22(27(29)32)16-25-28-23-13-6-4-12-21(23)26(31)30(25)18-9-8-10-19(15-18)33-3/h4-15,17,22H,16H2,1-3H3/t22-/m0/s1. The molecule has 0 bridgehead atoms. The number of para-hydroxylation sites is 2. The fraction of sp³-hybridized carbons (Fsp3) is 0.222. The van der Waals surface area contributed by atoms with E-state index in [1.807, 2.05) is 85.5 Å². The molecule has 0 spiro atoms. The number of hydrogen-bond donors (Lipinski definition) is 0. The first-order valence-corrected chi connectivity index (χ1v) is 11.1. The zero-order chi connectivity index (χ0) is 23.1. The van der Waals surface area contributed by atoms with Gasteiger partial charge in [-0.15, -0.1) is 0 Å². The van der Waals surface area contributed by atoms with Gasteiger partial charge in [-0.05, 0) is 49.7 Å². The van der Waals surface area contributed by atoms with Gasteiger partial charge < -0.3 is 9.64 Å². The van der Waals surface area contributed by atoms with Crippen molar-refractivity contribution in [2.45, 2.75) is 32.2 Å². The van der Waals surface area contributed by atoms with Gasteiger partial charge in [-0.1, -0.05) is 36.4 Å². The van der Waals surface area contributed by atoms with E-state index < -0.39 is 5.92 Å². The largest absolute Gasteiger partial charge is 0.497 e. The van der Waals surface area contributed by atoms with E-state index in [9.17, 15) is 9.59 Å². The van der Waals surface area contributed by atoms with Gasteiger partial charge in [0.2, 0.25) is 5.91 Å². The van der Waals surface area contributed by atoms with Crippen molar-refractivity contribution >= 4 is 22.5 Å². The molecule has 1 aliphatic heterocycles. The first-order chi connectivity index (χ1) is 16.0. The summed E-state index contributed by atoms with van der Waals surface area (Å²) >= 11 is 0. The molecule has 0 saturated carbocycles. The minimum Gasteiger partial charge on any atom is -0.497 e. The molecule has 33 heavy (non-hydrogen) atoms. The molecule has 0 radical (unpaired) electrons. The number of benzene rings is 3. The molecule has 0 N–H and O–H groups in total. The lowest BCUT2D eigenvalue weighted by molar-refractivity contribution is -0.119. The van der Waals surface area contributed by atoms with Crippen molar-refractivity contribution < 1.29 is 9.53 Å². The number of rotatable bonds is 5. The number of amides is 1. The number of carbonyl (C=O) groups excluding carboxylic acids is 1. The second kappa shape index (κ2) is 8.20. The molecule has 3 aromatic carbocycles. The minimum absolute atomic E-state index is 0.0331. The summed E-state index contributed by atoms with van der Waals surface area (Å²) in [4.78, 5) is 33.8. The molecule has 0 unspecified atom stereocenters. The van der Waals surface area contributed by atoms with Crippen LogP contribution in [0, 0.1) is 0 Å². The molecule has 6 heteroatoms. The van der Waals surface area contributed by atoms with Gasteiger partial charge in [0.05, 0.1) is 29.6 Å². The number of carbonyl (C=O) groups is 1. The van der Waals surface area contributed by atoms with Crippen LogP contribution in [0.1, 0.15) is 31.2 Å². The number of fused-ring (bicyclic) bond motifs is 2. The van der Waals surface area contributed by atoms with Crippen LogP contribution in [-0.2, 0) is 11.2 Å². The predicted octanol–water partition coefficient (Wildman–Crippen LogP) is 4.48. The average Bonchev–Trinajstić information content (AvgIpc) is 3.10. The Bertz CT molecular complexity index is 1420. The molecule has 5 rings (SSSR count). The van der Waals surface area contributed by atoms with Crippen LogP contribution in [0.2, 0.25) is 0 Å². The van der Waals surface area contributed by atoms with Crippen molar-refractivity contribution in [1.29, 1.82) is 0 Å². The Hall–Kier alpha value is -3.93. The van der Waals surface area contributed by atoms with Crippen molar-refractivity contribution in [2.75, 3.05) is 12.0 Å². The molecule has 1 aliphatic rings. The molecule has 1 atom stereocenters. The molecule has 6 nitrogen and oxygen atoms in total. The van der Waals surface area contributed by atoms with E-state index in [-0.39, 0.29) is 17.5 Å². The fourth-order valence-electron chi connectivity index (χ4n) is 4.67. The molecule has 1 amide bonds. The second-order valence-corrected chi connectivity index (χ2v) is 8.50. The van der Waals surface area contributed by atoms with E-state index in [0.717, 1.165) is 11.3 Å². The summed E-state index contributed by atoms with van der Waals surface area (Å²) in [5.74, 6) is 0.816. The van der Waals surface area contributed by atoms with Crippen LogP contribution in [0.4, 0.5) is 5.69 Å². The Morgan fingerprint density at radius 2 is 1.73 bits per heavy atom. The van der Waals surface area contributed by atoms with Crippen molar-refractivity contribution in [2.24, 2.45) is 0 Å². The van der Waals surface area contributed by atoms with Crippen molar-refractivity contribution in [3.8, 4) is 11.4 Å². The number of ether oxygens (including phenoxy) is 1. The Morgan fingerprint density at radius 3 is 2.52 bits per heavy atom. The Kier molecular flexibility index (Phi) is 5.21. The summed E-state index contributed by atoms with van der Waals surface area (Å²) in [5, 5.41) is 0.533. The fourth-order valence-corrected chi connectivity index (χ4v) is 4.67. The highest BCUT2D eigenvalue weighted by molar-refractivity contribution is 6.05. The summed E-state index contributed by atoms with van der Waals surface area (Å²) in [6, 6.07) is 22.6. The first-order valence-electron chi connectivity index (χ1n) is 11.1. The Balaban J connectivity index is 1.70. The maximum absolute atomic E-state index is 13.6. The molecule has 0 saturated heterocycles. The summed E-state index contributed by atoms with van der Waals surface area (Å²) in [5.41, 5.74) is 3.01. The van der Waals surface area contributed by atoms with Gasteiger partial charge in [0, 0.05) is 24.2 Å². The molecular formula is C27H25N3O3. The third-order valence-corrected chi connectivity index (χ3v) is 6.17. The normalized spacial score (nSPS) is 15.3. The number of hydrogen-bond acceptors (Lipinski definition) is 4. The zero-order valence-corrected chi connectivity index (χ0v) is 18.9. The monoisotopic (exact) mass is 439 g/mol. The van der Waals surface area contributed by atoms with Crippen LogP contribution in [0.5, 0.6) is 5.75 Å². The highest BCUT2D eigenvalue weighted by Crippen LogP contribution is 2.40. The van der Waals surface area contributed by atoms with Gasteiger partial charge in [-0.3, -0.25) is 14.2 Å². The molecule has 0 aliphatic carbocycles. The second-order valence-electron chi connectivity index (χ2n) is 8.50. The number of anilines is 1. The van der Waals surface area contributed by atoms with Crippen LogP contribution in [-0.4, -0.2) is 28.6 Å². The minimum atomic E-state index is -0.409. The summed E-state index contributed by atoms with van der Waals surface area (Å²) in [6.45, 7) is 4.02. The first kappa shape index (κ1) is 20.9. The van der Waals surface area contributed by atoms with Gasteiger partial charge in [-0.25, -0.2) is 4.98 Å². The van der Waals surface area contributed by atoms with Crippen LogP contribution < -0.4 is 15.2 Å². The highest BCUT2D eigenvalue weighted by Gasteiger charge is 2.39. The molecule has 4 aromatic rings. The van der Waals surface area contributed by atoms with Crippen LogP contribution in [0.25, 0.3) is 16.6 Å². The Morgan fingerprint density at radius 1 is 0.970 bits per heavy atom. The van der Waals surface area contributed by atoms with E-state index >= 15 is 0 Å². The number of aromatic nitrogens is 2. The molecule has 2 heterocycles. The predicted molar refractivity (Wildman–Crippen MR) is 129 cm³/mol. The highest BCUT2D eigenvalue weighted by atomic mass is 16.5. The lowest BCUT2D eigenvalue weighted by atomic mass is 9.96. The van der Waals surface area contributed by atoms with E-state index in [0.29, 0.717) is 34.6 Å². The maximum atomic E-state index is 13.6. The van der Waals surface area contributed by atoms with Crippen molar-refractivity contribution in [3.63, 3.8) is 0 Å². The lowest BCUT2D eigenvalue weighted by Gasteiger charge is -2.22. The van der Waals surface area contributed by atoms with E-state index in [2.05, 4.69) is 0 Å². The topological polar surface area (TPSA) is 64.4 Å². The van der Waals surface area contributed by atoms with E-state index in [4.69, 9.17) is 9.72 Å². The third kappa shape index (κ3) is 3.48. The van der Waals surface area contributed by atoms with Crippen molar-refractivity contribution in [3.05, 3.63) is 94.5 Å². The van der Waals surface area contributed by atoms with Gasteiger partial charge in [0.25, 0.3) is 5.56 Å². The summed E-state index contributed by atoms with van der Waals surface area (Å²) in [7, 11) is 1.59. The smallest absolute Gasteiger partial charge is 0.265 e. The quantitative estimate of drug-likeness (QED) is 0.460. The third-order valence-electron chi connectivity index (χ3n) is 6.17. The van der Waals surface area contributed by atoms with Gasteiger partial charge in [0.15, 0.2) is 0 Å².